The summed E-state index contributed by atoms with van der Waals surface area (Å²) >= 11 is 0. The SMILES string of the molecule is C=C(C)NC1(C)CCN(C)C1. The van der Waals surface area contributed by atoms with Gasteiger partial charge in [0, 0.05) is 24.3 Å². The van der Waals surface area contributed by atoms with Crippen molar-refractivity contribution >= 4 is 0 Å². The van der Waals surface area contributed by atoms with Crippen molar-refractivity contribution in [3.63, 3.8) is 0 Å². The van der Waals surface area contributed by atoms with Crippen molar-refractivity contribution < 1.29 is 0 Å². The number of hydrogen-bond donors (Lipinski definition) is 1. The molecular weight excluding hydrogens is 136 g/mol. The molecule has 1 fully saturated rings. The minimum absolute atomic E-state index is 0.264. The third kappa shape index (κ3) is 2.22. The lowest BCUT2D eigenvalue weighted by Gasteiger charge is -2.26. The predicted octanol–water partition coefficient (Wildman–Crippen LogP) is 1.20. The molecule has 0 bridgehead atoms. The van der Waals surface area contributed by atoms with Gasteiger partial charge >= 0.3 is 0 Å². The molecule has 1 N–H and O–H groups in total. The van der Waals surface area contributed by atoms with Gasteiger partial charge in [-0.1, -0.05) is 6.58 Å². The first kappa shape index (κ1) is 8.60. The second kappa shape index (κ2) is 2.86. The maximum absolute atomic E-state index is 3.86. The minimum atomic E-state index is 0.264. The molecule has 1 heterocycles. The van der Waals surface area contributed by atoms with E-state index in [2.05, 4.69) is 30.8 Å². The third-order valence-corrected chi connectivity index (χ3v) is 2.18. The van der Waals surface area contributed by atoms with Crippen LogP contribution >= 0.6 is 0 Å². The van der Waals surface area contributed by atoms with Gasteiger partial charge in [0.25, 0.3) is 0 Å². The van der Waals surface area contributed by atoms with E-state index >= 15 is 0 Å². The molecule has 1 rings (SSSR count). The van der Waals surface area contributed by atoms with E-state index in [0.29, 0.717) is 0 Å². The molecule has 0 aromatic heterocycles. The number of nitrogens with one attached hydrogen (secondary N) is 1. The summed E-state index contributed by atoms with van der Waals surface area (Å²) < 4.78 is 0. The average molecular weight is 154 g/mol. The maximum Gasteiger partial charge on any atom is 0.0481 e. The Labute approximate surface area is 69.3 Å². The lowest BCUT2D eigenvalue weighted by atomic mass is 10.0. The first-order valence-corrected chi connectivity index (χ1v) is 4.14. The van der Waals surface area contributed by atoms with Gasteiger partial charge in [0.15, 0.2) is 0 Å². The van der Waals surface area contributed by atoms with Crippen LogP contribution in [0.15, 0.2) is 12.3 Å². The second-order valence-corrected chi connectivity index (χ2v) is 3.95. The number of rotatable bonds is 2. The van der Waals surface area contributed by atoms with E-state index in [1.807, 2.05) is 6.92 Å². The smallest absolute Gasteiger partial charge is 0.0481 e. The standard InChI is InChI=1S/C9H18N2/c1-8(2)10-9(3)5-6-11(4)7-9/h10H,1,5-7H2,2-4H3. The Morgan fingerprint density at radius 3 is 2.64 bits per heavy atom. The first-order valence-electron chi connectivity index (χ1n) is 4.14. The molecule has 64 valence electrons. The van der Waals surface area contributed by atoms with E-state index in [1.165, 1.54) is 13.0 Å². The monoisotopic (exact) mass is 154 g/mol. The van der Waals surface area contributed by atoms with E-state index in [-0.39, 0.29) is 5.54 Å². The molecular formula is C9H18N2. The molecule has 0 amide bonds. The topological polar surface area (TPSA) is 15.3 Å². The average Bonchev–Trinajstić information content (AvgIpc) is 2.08. The van der Waals surface area contributed by atoms with Crippen LogP contribution < -0.4 is 5.32 Å². The summed E-state index contributed by atoms with van der Waals surface area (Å²) in [6.07, 6.45) is 1.22. The normalized spacial score (nSPS) is 32.3. The molecule has 1 atom stereocenters. The Morgan fingerprint density at radius 2 is 2.27 bits per heavy atom. The molecule has 1 unspecified atom stereocenters. The molecule has 0 aliphatic carbocycles. The summed E-state index contributed by atoms with van der Waals surface area (Å²) in [7, 11) is 2.16. The highest BCUT2D eigenvalue weighted by Gasteiger charge is 2.31. The number of allylic oxidation sites excluding steroid dienone is 1. The number of hydrogen-bond acceptors (Lipinski definition) is 2. The van der Waals surface area contributed by atoms with Crippen LogP contribution in [0.1, 0.15) is 20.3 Å². The minimum Gasteiger partial charge on any atom is -0.383 e. The van der Waals surface area contributed by atoms with Gasteiger partial charge in [-0.05, 0) is 27.3 Å². The Kier molecular flexibility index (Phi) is 2.23. The van der Waals surface area contributed by atoms with Gasteiger partial charge in [-0.3, -0.25) is 0 Å². The second-order valence-electron chi connectivity index (χ2n) is 3.95. The molecule has 0 radical (unpaired) electrons. The van der Waals surface area contributed by atoms with Crippen molar-refractivity contribution in [1.82, 2.24) is 10.2 Å². The summed E-state index contributed by atoms with van der Waals surface area (Å²) in [6, 6.07) is 0. The molecule has 11 heavy (non-hydrogen) atoms. The molecule has 2 nitrogen and oxygen atoms in total. The number of nitrogens with zero attached hydrogens (tertiary/aromatic N) is 1. The molecule has 1 saturated heterocycles. The van der Waals surface area contributed by atoms with Crippen LogP contribution in [0.25, 0.3) is 0 Å². The number of likely N-dealkylation sites (N-methyl/N-ethyl adjacent to an activating group) is 1. The van der Waals surface area contributed by atoms with Crippen LogP contribution in [-0.2, 0) is 0 Å². The lowest BCUT2D eigenvalue weighted by molar-refractivity contribution is 0.352. The predicted molar refractivity (Wildman–Crippen MR) is 48.5 cm³/mol. The van der Waals surface area contributed by atoms with Crippen molar-refractivity contribution in [1.29, 1.82) is 0 Å². The number of likely N-dealkylation sites (tertiary alicyclic amines) is 1. The third-order valence-electron chi connectivity index (χ3n) is 2.18. The van der Waals surface area contributed by atoms with E-state index in [1.54, 1.807) is 0 Å². The van der Waals surface area contributed by atoms with Crippen LogP contribution in [0.2, 0.25) is 0 Å². The van der Waals surface area contributed by atoms with E-state index in [0.717, 1.165) is 12.2 Å². The van der Waals surface area contributed by atoms with E-state index in [9.17, 15) is 0 Å². The molecule has 0 spiro atoms. The Morgan fingerprint density at radius 1 is 1.64 bits per heavy atom. The Balaban J connectivity index is 2.48. The lowest BCUT2D eigenvalue weighted by Crippen LogP contribution is -2.42. The van der Waals surface area contributed by atoms with Gasteiger partial charge in [0.2, 0.25) is 0 Å². The van der Waals surface area contributed by atoms with Crippen molar-refractivity contribution in [2.75, 3.05) is 20.1 Å². The van der Waals surface area contributed by atoms with Crippen LogP contribution in [0, 0.1) is 0 Å². The fourth-order valence-corrected chi connectivity index (χ4v) is 1.81. The van der Waals surface area contributed by atoms with Gasteiger partial charge in [-0.15, -0.1) is 0 Å². The van der Waals surface area contributed by atoms with E-state index < -0.39 is 0 Å². The fraction of sp³-hybridized carbons (Fsp3) is 0.778. The van der Waals surface area contributed by atoms with E-state index in [4.69, 9.17) is 0 Å². The highest BCUT2D eigenvalue weighted by Crippen LogP contribution is 2.19. The van der Waals surface area contributed by atoms with Crippen LogP contribution in [0.5, 0.6) is 0 Å². The molecule has 0 aromatic carbocycles. The van der Waals surface area contributed by atoms with Gasteiger partial charge in [0.1, 0.15) is 0 Å². The Bertz CT molecular complexity index is 165. The van der Waals surface area contributed by atoms with Gasteiger partial charge in [-0.2, -0.15) is 0 Å². The van der Waals surface area contributed by atoms with Gasteiger partial charge in [0.05, 0.1) is 0 Å². The van der Waals surface area contributed by atoms with Crippen LogP contribution in [0.4, 0.5) is 0 Å². The maximum atomic E-state index is 3.86. The highest BCUT2D eigenvalue weighted by atomic mass is 15.2. The fourth-order valence-electron chi connectivity index (χ4n) is 1.81. The first-order chi connectivity index (χ1) is 5.02. The van der Waals surface area contributed by atoms with Crippen molar-refractivity contribution in [2.24, 2.45) is 0 Å². The summed E-state index contributed by atoms with van der Waals surface area (Å²) in [5.74, 6) is 0. The zero-order chi connectivity index (χ0) is 8.48. The quantitative estimate of drug-likeness (QED) is 0.643. The Hall–Kier alpha value is -0.500. The summed E-state index contributed by atoms with van der Waals surface area (Å²) in [5.41, 5.74) is 1.34. The van der Waals surface area contributed by atoms with Crippen molar-refractivity contribution in [2.45, 2.75) is 25.8 Å². The molecule has 2 heteroatoms. The van der Waals surface area contributed by atoms with Gasteiger partial charge in [-0.25, -0.2) is 0 Å². The van der Waals surface area contributed by atoms with Crippen molar-refractivity contribution in [3.8, 4) is 0 Å². The molecule has 0 saturated carbocycles. The molecule has 1 aliphatic rings. The van der Waals surface area contributed by atoms with Crippen LogP contribution in [0.3, 0.4) is 0 Å². The summed E-state index contributed by atoms with van der Waals surface area (Å²) in [5, 5.41) is 3.41. The largest absolute Gasteiger partial charge is 0.383 e. The zero-order valence-corrected chi connectivity index (χ0v) is 7.78. The summed E-state index contributed by atoms with van der Waals surface area (Å²) in [6.45, 7) is 10.4. The highest BCUT2D eigenvalue weighted by molar-refractivity contribution is 5.00. The van der Waals surface area contributed by atoms with Crippen LogP contribution in [-0.4, -0.2) is 30.6 Å². The zero-order valence-electron chi connectivity index (χ0n) is 7.78. The summed E-state index contributed by atoms with van der Waals surface area (Å²) in [4.78, 5) is 2.34. The molecule has 1 aliphatic heterocycles. The van der Waals surface area contributed by atoms with Gasteiger partial charge < -0.3 is 10.2 Å². The molecule has 0 aromatic rings. The van der Waals surface area contributed by atoms with Crippen molar-refractivity contribution in [3.05, 3.63) is 12.3 Å².